The van der Waals surface area contributed by atoms with Crippen LogP contribution in [0.4, 0.5) is 0 Å². The van der Waals surface area contributed by atoms with Crippen molar-refractivity contribution in [2.75, 3.05) is 0 Å². The first-order chi connectivity index (χ1) is 12.2. The van der Waals surface area contributed by atoms with E-state index < -0.39 is 0 Å². The summed E-state index contributed by atoms with van der Waals surface area (Å²) < 4.78 is 9.12. The van der Waals surface area contributed by atoms with E-state index in [0.717, 1.165) is 39.1 Å². The summed E-state index contributed by atoms with van der Waals surface area (Å²) in [4.78, 5) is 0. The molecular weight excluding hydrogens is 398 g/mol. The van der Waals surface area contributed by atoms with Crippen molar-refractivity contribution in [1.82, 2.24) is 14.8 Å². The van der Waals surface area contributed by atoms with Gasteiger partial charge in [0.1, 0.15) is 12.4 Å². The van der Waals surface area contributed by atoms with Gasteiger partial charge in [-0.2, -0.15) is 0 Å². The van der Waals surface area contributed by atoms with Crippen LogP contribution in [0.1, 0.15) is 23.9 Å². The van der Waals surface area contributed by atoms with E-state index in [4.69, 9.17) is 4.74 Å². The third kappa shape index (κ3) is 4.64. The molecule has 0 amide bonds. The Balaban J connectivity index is 1.66. The fourth-order valence-corrected chi connectivity index (χ4v) is 3.68. The molecule has 0 aliphatic rings. The summed E-state index contributed by atoms with van der Waals surface area (Å²) in [5.41, 5.74) is 2.38. The first-order valence-corrected chi connectivity index (χ1v) is 9.93. The molecule has 1 aromatic heterocycles. The molecule has 130 valence electrons. The number of rotatable bonds is 7. The zero-order valence-corrected chi connectivity index (χ0v) is 16.7. The maximum atomic E-state index is 5.92. The van der Waals surface area contributed by atoms with Gasteiger partial charge >= 0.3 is 0 Å². The lowest BCUT2D eigenvalue weighted by Gasteiger charge is -2.10. The Bertz CT molecular complexity index is 833. The van der Waals surface area contributed by atoms with Crippen molar-refractivity contribution in [1.29, 1.82) is 0 Å². The zero-order valence-electron chi connectivity index (χ0n) is 14.3. The third-order valence-electron chi connectivity index (χ3n) is 3.84. The van der Waals surface area contributed by atoms with Crippen LogP contribution < -0.4 is 4.74 Å². The lowest BCUT2D eigenvalue weighted by atomic mass is 10.2. The monoisotopic (exact) mass is 417 g/mol. The summed E-state index contributed by atoms with van der Waals surface area (Å²) in [5, 5.41) is 9.58. The maximum Gasteiger partial charge on any atom is 0.191 e. The predicted molar refractivity (Wildman–Crippen MR) is 105 cm³/mol. The van der Waals surface area contributed by atoms with Crippen LogP contribution in [0, 0.1) is 6.92 Å². The van der Waals surface area contributed by atoms with Crippen molar-refractivity contribution in [2.24, 2.45) is 0 Å². The second kappa shape index (κ2) is 8.54. The number of hydrogen-bond donors (Lipinski definition) is 0. The Morgan fingerprint density at radius 3 is 2.56 bits per heavy atom. The van der Waals surface area contributed by atoms with E-state index in [1.54, 1.807) is 11.8 Å². The number of hydrogen-bond acceptors (Lipinski definition) is 4. The van der Waals surface area contributed by atoms with Gasteiger partial charge in [-0.15, -0.1) is 10.2 Å². The highest BCUT2D eigenvalue weighted by Crippen LogP contribution is 2.24. The standard InChI is InChI=1S/C19H20BrN3OS/c1-3-23-18(12-24-17-7-5-4-6-14(17)2)21-22-19(23)25-13-15-8-10-16(20)11-9-15/h4-11H,3,12-13H2,1-2H3. The molecule has 0 unspecified atom stereocenters. The predicted octanol–water partition coefficient (Wildman–Crippen LogP) is 5.24. The summed E-state index contributed by atoms with van der Waals surface area (Å²) in [6.45, 7) is 5.39. The zero-order chi connectivity index (χ0) is 17.6. The number of nitrogens with zero attached hydrogens (tertiary/aromatic N) is 3. The quantitative estimate of drug-likeness (QED) is 0.492. The summed E-state index contributed by atoms with van der Waals surface area (Å²) in [5.74, 6) is 2.60. The summed E-state index contributed by atoms with van der Waals surface area (Å²) in [6, 6.07) is 16.4. The topological polar surface area (TPSA) is 39.9 Å². The highest BCUT2D eigenvalue weighted by Gasteiger charge is 2.12. The molecule has 25 heavy (non-hydrogen) atoms. The molecule has 0 aliphatic carbocycles. The van der Waals surface area contributed by atoms with Crippen molar-refractivity contribution in [3.05, 3.63) is 70.0 Å². The Kier molecular flexibility index (Phi) is 6.15. The lowest BCUT2D eigenvalue weighted by Crippen LogP contribution is -2.07. The Hall–Kier alpha value is -1.79. The molecule has 4 nitrogen and oxygen atoms in total. The van der Waals surface area contributed by atoms with Crippen LogP contribution >= 0.6 is 27.7 Å². The molecule has 2 aromatic carbocycles. The Morgan fingerprint density at radius 2 is 1.84 bits per heavy atom. The van der Waals surface area contributed by atoms with Crippen LogP contribution in [0.25, 0.3) is 0 Å². The minimum absolute atomic E-state index is 0.421. The third-order valence-corrected chi connectivity index (χ3v) is 5.41. The van der Waals surface area contributed by atoms with Gasteiger partial charge < -0.3 is 9.30 Å². The van der Waals surface area contributed by atoms with Gasteiger partial charge in [0, 0.05) is 16.8 Å². The summed E-state index contributed by atoms with van der Waals surface area (Å²) in [6.07, 6.45) is 0. The second-order valence-electron chi connectivity index (χ2n) is 5.61. The van der Waals surface area contributed by atoms with Crippen LogP contribution in [0.2, 0.25) is 0 Å². The lowest BCUT2D eigenvalue weighted by molar-refractivity contribution is 0.286. The highest BCUT2D eigenvalue weighted by atomic mass is 79.9. The molecule has 6 heteroatoms. The number of aryl methyl sites for hydroxylation is 1. The first kappa shape index (κ1) is 18.0. The number of aromatic nitrogens is 3. The molecule has 3 rings (SSSR count). The van der Waals surface area contributed by atoms with Crippen LogP contribution in [0.15, 0.2) is 58.2 Å². The average molecular weight is 418 g/mol. The van der Waals surface area contributed by atoms with Crippen molar-refractivity contribution in [3.63, 3.8) is 0 Å². The van der Waals surface area contributed by atoms with Crippen molar-refractivity contribution >= 4 is 27.7 Å². The molecule has 0 fully saturated rings. The number of benzene rings is 2. The normalized spacial score (nSPS) is 10.8. The molecule has 0 bridgehead atoms. The van der Waals surface area contributed by atoms with Gasteiger partial charge in [0.05, 0.1) is 0 Å². The minimum atomic E-state index is 0.421. The number of para-hydroxylation sites is 1. The van der Waals surface area contributed by atoms with Crippen molar-refractivity contribution in [3.8, 4) is 5.75 Å². The van der Waals surface area contributed by atoms with Gasteiger partial charge in [-0.3, -0.25) is 0 Å². The molecule has 0 saturated carbocycles. The van der Waals surface area contributed by atoms with E-state index in [-0.39, 0.29) is 0 Å². The van der Waals surface area contributed by atoms with E-state index in [9.17, 15) is 0 Å². The van der Waals surface area contributed by atoms with E-state index in [0.29, 0.717) is 6.61 Å². The fraction of sp³-hybridized carbons (Fsp3) is 0.263. The highest BCUT2D eigenvalue weighted by molar-refractivity contribution is 9.10. The van der Waals surface area contributed by atoms with Gasteiger partial charge in [0.25, 0.3) is 0 Å². The smallest absolute Gasteiger partial charge is 0.191 e. The Labute approximate surface area is 160 Å². The molecule has 0 N–H and O–H groups in total. The molecule has 0 spiro atoms. The van der Waals surface area contributed by atoms with Crippen LogP contribution in [0.5, 0.6) is 5.75 Å². The average Bonchev–Trinajstić information content (AvgIpc) is 3.02. The minimum Gasteiger partial charge on any atom is -0.485 e. The number of thioether (sulfide) groups is 1. The first-order valence-electron chi connectivity index (χ1n) is 8.15. The van der Waals surface area contributed by atoms with Crippen LogP contribution in [0.3, 0.4) is 0 Å². The molecule has 0 atom stereocenters. The van der Waals surface area contributed by atoms with E-state index >= 15 is 0 Å². The largest absolute Gasteiger partial charge is 0.485 e. The van der Waals surface area contributed by atoms with E-state index in [1.165, 1.54) is 5.56 Å². The SMILES string of the molecule is CCn1c(COc2ccccc2C)nnc1SCc1ccc(Br)cc1. The van der Waals surface area contributed by atoms with Gasteiger partial charge in [-0.05, 0) is 43.2 Å². The molecule has 3 aromatic rings. The van der Waals surface area contributed by atoms with Gasteiger partial charge in [0.2, 0.25) is 0 Å². The molecule has 0 radical (unpaired) electrons. The van der Waals surface area contributed by atoms with E-state index in [1.807, 2.05) is 31.2 Å². The maximum absolute atomic E-state index is 5.92. The van der Waals surface area contributed by atoms with Crippen LogP contribution in [-0.2, 0) is 18.9 Å². The van der Waals surface area contributed by atoms with Gasteiger partial charge in [0.15, 0.2) is 11.0 Å². The van der Waals surface area contributed by atoms with Gasteiger partial charge in [-0.25, -0.2) is 0 Å². The van der Waals surface area contributed by atoms with E-state index in [2.05, 4.69) is 61.9 Å². The number of halogens is 1. The van der Waals surface area contributed by atoms with Gasteiger partial charge in [-0.1, -0.05) is 58.0 Å². The van der Waals surface area contributed by atoms with Crippen LogP contribution in [-0.4, -0.2) is 14.8 Å². The molecule has 0 saturated heterocycles. The second-order valence-corrected chi connectivity index (χ2v) is 7.47. The molecule has 1 heterocycles. The van der Waals surface area contributed by atoms with Crippen molar-refractivity contribution in [2.45, 2.75) is 37.9 Å². The summed E-state index contributed by atoms with van der Waals surface area (Å²) in [7, 11) is 0. The molecule has 0 aliphatic heterocycles. The molecular formula is C19H20BrN3OS. The number of ether oxygens (including phenoxy) is 1. The Morgan fingerprint density at radius 1 is 1.08 bits per heavy atom. The summed E-state index contributed by atoms with van der Waals surface area (Å²) >= 11 is 5.16. The fourth-order valence-electron chi connectivity index (χ4n) is 2.44. The van der Waals surface area contributed by atoms with Crippen molar-refractivity contribution < 1.29 is 4.74 Å².